The second-order valence-electron chi connectivity index (χ2n) is 13.2. The number of carbonyl (C=O) groups is 1. The van der Waals surface area contributed by atoms with Crippen molar-refractivity contribution in [2.75, 3.05) is 6.54 Å². The van der Waals surface area contributed by atoms with Crippen molar-refractivity contribution in [3.8, 4) is 0 Å². The van der Waals surface area contributed by atoms with Crippen LogP contribution in [0.2, 0.25) is 0 Å². The molecule has 4 saturated heterocycles. The zero-order valence-electron chi connectivity index (χ0n) is 24.8. The van der Waals surface area contributed by atoms with E-state index in [2.05, 4.69) is 42.9 Å². The number of ether oxygens (including phenoxy) is 4. The molecule has 4 aliphatic heterocycles. The molecule has 5 rings (SSSR count). The Labute approximate surface area is 247 Å². The average molecular weight is 588 g/mol. The molecule has 1 aromatic carbocycles. The van der Waals surface area contributed by atoms with E-state index in [1.807, 2.05) is 32.0 Å². The molecule has 0 aliphatic carbocycles. The van der Waals surface area contributed by atoms with Crippen LogP contribution in [0.15, 0.2) is 40.3 Å². The van der Waals surface area contributed by atoms with Crippen molar-refractivity contribution in [3.05, 3.63) is 40.8 Å². The zero-order chi connectivity index (χ0) is 29.4. The van der Waals surface area contributed by atoms with Gasteiger partial charge in [-0.3, -0.25) is 4.79 Å². The molecule has 2 bridgehead atoms. The molecule has 4 heterocycles. The summed E-state index contributed by atoms with van der Waals surface area (Å²) in [5, 5.41) is 15.3. The molecule has 1 unspecified atom stereocenters. The maximum atomic E-state index is 13.9. The Kier molecular flexibility index (Phi) is 9.41. The summed E-state index contributed by atoms with van der Waals surface area (Å²) in [5.41, 5.74) is 8.55. The highest BCUT2D eigenvalue weighted by Gasteiger charge is 2.61. The molecule has 4 fully saturated rings. The van der Waals surface area contributed by atoms with E-state index in [0.29, 0.717) is 31.7 Å². The number of nitrogens with zero attached hydrogens (tertiary/aromatic N) is 3. The highest BCUT2D eigenvalue weighted by molar-refractivity contribution is 7.99. The Morgan fingerprint density at radius 2 is 1.83 bits per heavy atom. The quantitative estimate of drug-likeness (QED) is 0.189. The van der Waals surface area contributed by atoms with Gasteiger partial charge in [0.25, 0.3) is 0 Å². The van der Waals surface area contributed by atoms with Crippen molar-refractivity contribution in [2.45, 2.75) is 119 Å². The molecule has 12 atom stereocenters. The summed E-state index contributed by atoms with van der Waals surface area (Å²) in [4.78, 5) is 17.9. The average Bonchev–Trinajstić information content (AvgIpc) is 3.26. The number of hydrogen-bond donors (Lipinski definition) is 1. The monoisotopic (exact) mass is 587 g/mol. The predicted octanol–water partition coefficient (Wildman–Crippen LogP) is 6.49. The molecule has 0 radical (unpaired) electrons. The fourth-order valence-electron chi connectivity index (χ4n) is 7.41. The van der Waals surface area contributed by atoms with Crippen LogP contribution in [0.1, 0.15) is 73.1 Å². The topological polar surface area (TPSA) is 123 Å². The number of rotatable bonds is 10. The summed E-state index contributed by atoms with van der Waals surface area (Å²) in [6.07, 6.45) is 1.90. The Morgan fingerprint density at radius 1 is 1.10 bits per heavy atom. The lowest BCUT2D eigenvalue weighted by atomic mass is 9.81. The lowest BCUT2D eigenvalue weighted by molar-refractivity contribution is -0.367. The van der Waals surface area contributed by atoms with Crippen LogP contribution in [-0.2, 0) is 23.7 Å². The van der Waals surface area contributed by atoms with Crippen LogP contribution >= 0.6 is 11.8 Å². The van der Waals surface area contributed by atoms with Crippen LogP contribution in [0.4, 0.5) is 0 Å². The molecule has 0 spiro atoms. The van der Waals surface area contributed by atoms with Gasteiger partial charge in [0.2, 0.25) is 0 Å². The zero-order valence-corrected chi connectivity index (χ0v) is 25.7. The normalized spacial score (nSPS) is 41.6. The number of aliphatic hydroxyl groups is 1. The Balaban J connectivity index is 1.27. The van der Waals surface area contributed by atoms with Crippen LogP contribution in [0.3, 0.4) is 0 Å². The van der Waals surface area contributed by atoms with Gasteiger partial charge in [-0.25, -0.2) is 0 Å². The van der Waals surface area contributed by atoms with Gasteiger partial charge in [-0.15, -0.1) is 0 Å². The summed E-state index contributed by atoms with van der Waals surface area (Å²) in [7, 11) is 0. The van der Waals surface area contributed by atoms with Crippen molar-refractivity contribution in [1.82, 2.24) is 0 Å². The molecule has 41 heavy (non-hydrogen) atoms. The van der Waals surface area contributed by atoms with Crippen LogP contribution < -0.4 is 0 Å². The molecule has 226 valence electrons. The van der Waals surface area contributed by atoms with E-state index in [4.69, 9.17) is 24.5 Å². The van der Waals surface area contributed by atoms with Crippen molar-refractivity contribution in [1.29, 1.82) is 0 Å². The minimum absolute atomic E-state index is 0.0174. The molecule has 0 saturated carbocycles. The second kappa shape index (κ2) is 12.5. The van der Waals surface area contributed by atoms with E-state index >= 15 is 0 Å². The molecule has 10 heteroatoms. The minimum atomic E-state index is -1.37. The number of thioether (sulfide) groups is 1. The third kappa shape index (κ3) is 6.80. The van der Waals surface area contributed by atoms with Gasteiger partial charge >= 0.3 is 0 Å². The summed E-state index contributed by atoms with van der Waals surface area (Å²) >= 11 is 1.68. The maximum absolute atomic E-state index is 13.9. The first-order valence-corrected chi connectivity index (χ1v) is 16.1. The predicted molar refractivity (Wildman–Crippen MR) is 156 cm³/mol. The summed E-state index contributed by atoms with van der Waals surface area (Å²) in [5.74, 6) is -1.76. The van der Waals surface area contributed by atoms with Crippen molar-refractivity contribution >= 4 is 17.5 Å². The van der Waals surface area contributed by atoms with E-state index < -0.39 is 23.8 Å². The molecule has 0 amide bonds. The Bertz CT molecular complexity index is 1120. The van der Waals surface area contributed by atoms with Gasteiger partial charge in [-0.2, -0.15) is 0 Å². The molecular weight excluding hydrogens is 542 g/mol. The number of Topliss-reactive ketones (excluding diaryl/α,β-unsaturated/α-hetero) is 1. The largest absolute Gasteiger partial charge is 0.365 e. The van der Waals surface area contributed by atoms with Gasteiger partial charge in [0.1, 0.15) is 17.6 Å². The van der Waals surface area contributed by atoms with Gasteiger partial charge in [0.05, 0.1) is 18.6 Å². The number of hydrogen-bond acceptors (Lipinski definition) is 8. The highest BCUT2D eigenvalue weighted by atomic mass is 32.2. The molecular formula is C31H45N3O6S. The van der Waals surface area contributed by atoms with Gasteiger partial charge in [-0.1, -0.05) is 69.7 Å². The van der Waals surface area contributed by atoms with Crippen LogP contribution in [0, 0.1) is 29.6 Å². The van der Waals surface area contributed by atoms with E-state index in [-0.39, 0.29) is 53.5 Å². The van der Waals surface area contributed by atoms with E-state index in [9.17, 15) is 9.90 Å². The van der Waals surface area contributed by atoms with E-state index in [1.165, 1.54) is 0 Å². The van der Waals surface area contributed by atoms with Crippen molar-refractivity contribution in [2.24, 2.45) is 34.7 Å². The fraction of sp³-hybridized carbons (Fsp3) is 0.774. The van der Waals surface area contributed by atoms with Crippen molar-refractivity contribution in [3.63, 3.8) is 0 Å². The van der Waals surface area contributed by atoms with Gasteiger partial charge in [-0.05, 0) is 60.6 Å². The fourth-order valence-corrected chi connectivity index (χ4v) is 8.51. The lowest BCUT2D eigenvalue weighted by Crippen LogP contribution is -2.60. The summed E-state index contributed by atoms with van der Waals surface area (Å²) < 4.78 is 26.0. The van der Waals surface area contributed by atoms with Gasteiger partial charge in [0, 0.05) is 35.1 Å². The molecule has 0 aromatic heterocycles. The highest BCUT2D eigenvalue weighted by Crippen LogP contribution is 2.51. The number of carbonyl (C=O) groups excluding carboxylic acids is 1. The molecule has 1 N–H and O–H groups in total. The summed E-state index contributed by atoms with van der Waals surface area (Å²) in [6, 6.07) is 10.2. The van der Waals surface area contributed by atoms with Crippen LogP contribution in [0.25, 0.3) is 10.4 Å². The Morgan fingerprint density at radius 3 is 2.56 bits per heavy atom. The first-order valence-electron chi connectivity index (χ1n) is 15.2. The van der Waals surface area contributed by atoms with Gasteiger partial charge < -0.3 is 24.1 Å². The molecule has 9 nitrogen and oxygen atoms in total. The second-order valence-corrected chi connectivity index (χ2v) is 14.4. The number of ketones is 1. The number of azide groups is 1. The van der Waals surface area contributed by atoms with E-state index in [1.54, 1.807) is 11.8 Å². The smallest absolute Gasteiger partial charge is 0.176 e. The maximum Gasteiger partial charge on any atom is 0.176 e. The van der Waals surface area contributed by atoms with Crippen LogP contribution in [0.5, 0.6) is 0 Å². The summed E-state index contributed by atoms with van der Waals surface area (Å²) in [6.45, 7) is 10.8. The first-order chi connectivity index (χ1) is 19.5. The number of benzene rings is 1. The van der Waals surface area contributed by atoms with Crippen molar-refractivity contribution < 1.29 is 28.8 Å². The lowest BCUT2D eigenvalue weighted by Gasteiger charge is -2.51. The molecule has 1 aromatic rings. The standard InChI is InChI=1S/C31H45N3O6S/c1-18-12-25-28-26(16-31(36,40-28)22(5)11-19(2)17-33-34-32)39-30(14-18,38-25)15-24(35)27-20(3)13-21(4)29(37-27)41-23-9-7-6-8-10-23/h6-10,18-22,25-29,36H,11-17H2,1-5H3/t18-,19+,20-,21+,22-,25-,26+,27-,28+,29-,30-,31?/m1/s1. The third-order valence-electron chi connectivity index (χ3n) is 9.34. The molecule has 4 aliphatic rings. The SMILES string of the molecule is C[C@H](CN=[N+]=[N-])C[C@@H](C)C1(O)C[C@@H]2O[C@@]3(CC(=O)[C@@H]4O[C@H](Sc5ccccc5)[C@@H](C)C[C@H]4C)C[C@H](C)C[C@@H](O3)[C@@H]2O1. The minimum Gasteiger partial charge on any atom is -0.365 e. The van der Waals surface area contributed by atoms with Crippen LogP contribution in [-0.4, -0.2) is 58.9 Å². The third-order valence-corrected chi connectivity index (χ3v) is 10.7. The van der Waals surface area contributed by atoms with E-state index in [0.717, 1.165) is 17.7 Å². The van der Waals surface area contributed by atoms with Gasteiger partial charge in [0.15, 0.2) is 17.4 Å². The Hall–Kier alpha value is -1.65. The first kappa shape index (κ1) is 30.8. The number of fused-ring (bicyclic) bond motifs is 4.